The van der Waals surface area contributed by atoms with Gasteiger partial charge in [0.05, 0.1) is 6.04 Å². The van der Waals surface area contributed by atoms with Gasteiger partial charge in [0.2, 0.25) is 0 Å². The second kappa shape index (κ2) is 8.45. The van der Waals surface area contributed by atoms with Crippen molar-refractivity contribution in [3.63, 3.8) is 0 Å². The second-order valence-electron chi connectivity index (χ2n) is 6.66. The molecule has 2 aliphatic rings. The minimum absolute atomic E-state index is 0.294. The first-order chi connectivity index (χ1) is 13.3. The van der Waals surface area contributed by atoms with E-state index in [4.69, 9.17) is 4.74 Å². The minimum Gasteiger partial charge on any atom is -0.457 e. The maximum atomic E-state index is 6.10. The lowest BCUT2D eigenvalue weighted by Gasteiger charge is -2.34. The van der Waals surface area contributed by atoms with Crippen LogP contribution in [0.2, 0.25) is 0 Å². The van der Waals surface area contributed by atoms with E-state index in [0.29, 0.717) is 6.04 Å². The standard InChI is InChI=1S/C24H22BrNO/c25-19-16-22(18-24(17-19)27-23-14-8-3-9-15-23)26(20-10-4-1-5-11-20)21-12-6-2-7-13-21/h1,3-6,8-10,12-18,20H,2,7,11H2. The molecular weight excluding hydrogens is 398 g/mol. The Bertz CT molecular complexity index is 911. The third-order valence-electron chi connectivity index (χ3n) is 4.66. The van der Waals surface area contributed by atoms with Gasteiger partial charge in [-0.2, -0.15) is 0 Å². The van der Waals surface area contributed by atoms with Gasteiger partial charge in [0.15, 0.2) is 0 Å². The number of rotatable bonds is 5. The molecule has 0 saturated carbocycles. The Morgan fingerprint density at radius 1 is 0.926 bits per heavy atom. The lowest BCUT2D eigenvalue weighted by Crippen LogP contribution is -2.33. The van der Waals surface area contributed by atoms with Crippen molar-refractivity contribution in [3.8, 4) is 11.5 Å². The van der Waals surface area contributed by atoms with Gasteiger partial charge < -0.3 is 9.64 Å². The molecule has 2 aromatic carbocycles. The Labute approximate surface area is 169 Å². The van der Waals surface area contributed by atoms with Crippen LogP contribution in [0, 0.1) is 0 Å². The van der Waals surface area contributed by atoms with Gasteiger partial charge in [-0.15, -0.1) is 0 Å². The molecule has 0 spiro atoms. The molecule has 0 N–H and O–H groups in total. The quantitative estimate of drug-likeness (QED) is 0.509. The summed E-state index contributed by atoms with van der Waals surface area (Å²) in [5, 5.41) is 0. The van der Waals surface area contributed by atoms with Gasteiger partial charge in [0.1, 0.15) is 11.5 Å². The molecular formula is C24H22BrNO. The summed E-state index contributed by atoms with van der Waals surface area (Å²) in [6.07, 6.45) is 18.7. The van der Waals surface area contributed by atoms with Crippen molar-refractivity contribution in [3.05, 3.63) is 101 Å². The number of ether oxygens (including phenoxy) is 1. The molecule has 0 aliphatic heterocycles. The third kappa shape index (κ3) is 4.42. The fraction of sp³-hybridized carbons (Fsp3) is 0.167. The van der Waals surface area contributed by atoms with Gasteiger partial charge in [-0.05, 0) is 49.6 Å². The largest absolute Gasteiger partial charge is 0.457 e. The van der Waals surface area contributed by atoms with Crippen molar-refractivity contribution in [2.75, 3.05) is 4.90 Å². The number of hydrogen-bond acceptors (Lipinski definition) is 2. The van der Waals surface area contributed by atoms with E-state index in [2.05, 4.69) is 75.5 Å². The molecule has 0 fully saturated rings. The van der Waals surface area contributed by atoms with Crippen LogP contribution in [0.4, 0.5) is 5.69 Å². The molecule has 0 aromatic heterocycles. The van der Waals surface area contributed by atoms with Gasteiger partial charge in [-0.1, -0.05) is 70.6 Å². The van der Waals surface area contributed by atoms with E-state index >= 15 is 0 Å². The van der Waals surface area contributed by atoms with E-state index in [9.17, 15) is 0 Å². The maximum Gasteiger partial charge on any atom is 0.130 e. The number of allylic oxidation sites excluding steroid dienone is 5. The Morgan fingerprint density at radius 3 is 2.56 bits per heavy atom. The van der Waals surface area contributed by atoms with Crippen LogP contribution in [0.3, 0.4) is 0 Å². The van der Waals surface area contributed by atoms with E-state index in [1.807, 2.05) is 36.4 Å². The maximum absolute atomic E-state index is 6.10. The van der Waals surface area contributed by atoms with Crippen molar-refractivity contribution in [2.24, 2.45) is 0 Å². The normalized spacial score (nSPS) is 18.3. The number of hydrogen-bond donors (Lipinski definition) is 0. The Hall–Kier alpha value is -2.52. The summed E-state index contributed by atoms with van der Waals surface area (Å²) >= 11 is 3.67. The van der Waals surface area contributed by atoms with Crippen molar-refractivity contribution in [1.82, 2.24) is 0 Å². The van der Waals surface area contributed by atoms with Crippen LogP contribution in [0.15, 0.2) is 101 Å². The molecule has 27 heavy (non-hydrogen) atoms. The molecule has 1 unspecified atom stereocenters. The summed E-state index contributed by atoms with van der Waals surface area (Å²) in [6, 6.07) is 16.5. The highest BCUT2D eigenvalue weighted by Gasteiger charge is 2.21. The summed E-state index contributed by atoms with van der Waals surface area (Å²) in [7, 11) is 0. The molecule has 3 heteroatoms. The predicted octanol–water partition coefficient (Wildman–Crippen LogP) is 7.17. The van der Waals surface area contributed by atoms with Gasteiger partial charge in [-0.25, -0.2) is 0 Å². The van der Waals surface area contributed by atoms with E-state index < -0.39 is 0 Å². The van der Waals surface area contributed by atoms with Crippen LogP contribution in [0.25, 0.3) is 0 Å². The molecule has 136 valence electrons. The van der Waals surface area contributed by atoms with Gasteiger partial charge >= 0.3 is 0 Å². The van der Waals surface area contributed by atoms with Crippen LogP contribution >= 0.6 is 15.9 Å². The number of benzene rings is 2. The Balaban J connectivity index is 1.70. The number of anilines is 1. The van der Waals surface area contributed by atoms with Crippen molar-refractivity contribution in [2.45, 2.75) is 25.3 Å². The summed E-state index contributed by atoms with van der Waals surface area (Å²) < 4.78 is 7.10. The molecule has 2 aliphatic carbocycles. The zero-order valence-corrected chi connectivity index (χ0v) is 16.7. The molecule has 0 saturated heterocycles. The molecule has 2 nitrogen and oxygen atoms in total. The zero-order chi connectivity index (χ0) is 18.5. The lowest BCUT2D eigenvalue weighted by molar-refractivity contribution is 0.482. The van der Waals surface area contributed by atoms with E-state index in [-0.39, 0.29) is 0 Å². The topological polar surface area (TPSA) is 12.5 Å². The van der Waals surface area contributed by atoms with Crippen molar-refractivity contribution >= 4 is 21.6 Å². The number of halogens is 1. The van der Waals surface area contributed by atoms with Crippen LogP contribution in [-0.4, -0.2) is 6.04 Å². The smallest absolute Gasteiger partial charge is 0.130 e. The molecule has 4 rings (SSSR count). The van der Waals surface area contributed by atoms with Crippen LogP contribution in [-0.2, 0) is 0 Å². The van der Waals surface area contributed by atoms with E-state index in [1.165, 1.54) is 5.70 Å². The summed E-state index contributed by atoms with van der Waals surface area (Å²) in [5.74, 6) is 1.66. The predicted molar refractivity (Wildman–Crippen MR) is 116 cm³/mol. The monoisotopic (exact) mass is 419 g/mol. The SMILES string of the molecule is Brc1cc(Oc2ccccc2)cc(N(C2=CCCC=C2)C2C=CC=CC2)c1. The van der Waals surface area contributed by atoms with E-state index in [1.54, 1.807) is 0 Å². The minimum atomic E-state index is 0.294. The Kier molecular flexibility index (Phi) is 5.59. The molecule has 1 atom stereocenters. The molecule has 2 aromatic rings. The van der Waals surface area contributed by atoms with Gasteiger partial charge in [0, 0.05) is 21.9 Å². The average Bonchev–Trinajstić information content (AvgIpc) is 2.70. The summed E-state index contributed by atoms with van der Waals surface area (Å²) in [5.41, 5.74) is 2.37. The van der Waals surface area contributed by atoms with Crippen LogP contribution < -0.4 is 9.64 Å². The molecule has 0 radical (unpaired) electrons. The first kappa shape index (κ1) is 17.9. The van der Waals surface area contributed by atoms with E-state index in [0.717, 1.165) is 40.9 Å². The van der Waals surface area contributed by atoms with Crippen molar-refractivity contribution < 1.29 is 4.74 Å². The highest BCUT2D eigenvalue weighted by atomic mass is 79.9. The Morgan fingerprint density at radius 2 is 1.81 bits per heavy atom. The zero-order valence-electron chi connectivity index (χ0n) is 15.1. The number of para-hydroxylation sites is 1. The molecule has 0 heterocycles. The average molecular weight is 420 g/mol. The second-order valence-corrected chi connectivity index (χ2v) is 7.57. The first-order valence-corrected chi connectivity index (χ1v) is 10.1. The van der Waals surface area contributed by atoms with Gasteiger partial charge in [-0.3, -0.25) is 0 Å². The summed E-state index contributed by atoms with van der Waals surface area (Å²) in [4.78, 5) is 2.40. The number of nitrogens with zero attached hydrogens (tertiary/aromatic N) is 1. The molecule has 0 amide bonds. The van der Waals surface area contributed by atoms with Crippen LogP contribution in [0.1, 0.15) is 19.3 Å². The fourth-order valence-corrected chi connectivity index (χ4v) is 3.90. The third-order valence-corrected chi connectivity index (χ3v) is 5.11. The lowest BCUT2D eigenvalue weighted by atomic mass is 10.0. The highest BCUT2D eigenvalue weighted by molar-refractivity contribution is 9.10. The summed E-state index contributed by atoms with van der Waals surface area (Å²) in [6.45, 7) is 0. The first-order valence-electron chi connectivity index (χ1n) is 9.32. The fourth-order valence-electron chi connectivity index (χ4n) is 3.44. The molecule has 0 bridgehead atoms. The van der Waals surface area contributed by atoms with Crippen LogP contribution in [0.5, 0.6) is 11.5 Å². The highest BCUT2D eigenvalue weighted by Crippen LogP contribution is 2.35. The van der Waals surface area contributed by atoms with Gasteiger partial charge in [0.25, 0.3) is 0 Å². The van der Waals surface area contributed by atoms with Crippen molar-refractivity contribution in [1.29, 1.82) is 0 Å².